The number of hydrogen-bond donors (Lipinski definition) is 3. The summed E-state index contributed by atoms with van der Waals surface area (Å²) in [6, 6.07) is 5.65. The van der Waals surface area contributed by atoms with Crippen LogP contribution in [0.15, 0.2) is 24.5 Å². The molecule has 0 radical (unpaired) electrons. The standard InChI is InChI=1S/C14H19N5O/c1-3-15-12-5-4-11(8-10(12)2)14(20)16-7-6-13-17-9-18-19-13/h4-5,8-9,15H,3,6-7H2,1-2H3,(H,16,20)(H,17,18,19). The molecule has 0 atom stereocenters. The molecule has 0 saturated heterocycles. The van der Waals surface area contributed by atoms with Gasteiger partial charge in [-0.1, -0.05) is 0 Å². The summed E-state index contributed by atoms with van der Waals surface area (Å²) < 4.78 is 0. The minimum Gasteiger partial charge on any atom is -0.385 e. The first-order valence-corrected chi connectivity index (χ1v) is 6.67. The Morgan fingerprint density at radius 1 is 1.40 bits per heavy atom. The predicted molar refractivity (Wildman–Crippen MR) is 77.8 cm³/mol. The van der Waals surface area contributed by atoms with Crippen molar-refractivity contribution >= 4 is 11.6 Å². The molecule has 0 unspecified atom stereocenters. The molecule has 3 N–H and O–H groups in total. The highest BCUT2D eigenvalue weighted by atomic mass is 16.1. The topological polar surface area (TPSA) is 82.7 Å². The van der Waals surface area contributed by atoms with E-state index in [2.05, 4.69) is 25.8 Å². The van der Waals surface area contributed by atoms with E-state index in [1.54, 1.807) is 0 Å². The van der Waals surface area contributed by atoms with Gasteiger partial charge in [0.25, 0.3) is 5.91 Å². The van der Waals surface area contributed by atoms with Crippen LogP contribution in [0.5, 0.6) is 0 Å². The quantitative estimate of drug-likeness (QED) is 0.745. The van der Waals surface area contributed by atoms with E-state index in [9.17, 15) is 4.79 Å². The summed E-state index contributed by atoms with van der Waals surface area (Å²) in [5, 5.41) is 12.6. The molecule has 0 aliphatic heterocycles. The van der Waals surface area contributed by atoms with E-state index in [0.29, 0.717) is 18.5 Å². The Bertz CT molecular complexity index is 565. The lowest BCUT2D eigenvalue weighted by atomic mass is 10.1. The molecule has 2 aromatic rings. The van der Waals surface area contributed by atoms with Crippen LogP contribution < -0.4 is 10.6 Å². The van der Waals surface area contributed by atoms with Crippen LogP contribution in [0.2, 0.25) is 0 Å². The number of amides is 1. The molecule has 1 amide bonds. The van der Waals surface area contributed by atoms with Crippen molar-refractivity contribution in [3.05, 3.63) is 41.5 Å². The predicted octanol–water partition coefficient (Wildman–Crippen LogP) is 1.52. The molecule has 106 valence electrons. The molecule has 0 aliphatic rings. The number of nitrogens with one attached hydrogen (secondary N) is 3. The maximum Gasteiger partial charge on any atom is 0.251 e. The van der Waals surface area contributed by atoms with Gasteiger partial charge in [0.2, 0.25) is 0 Å². The van der Waals surface area contributed by atoms with Gasteiger partial charge in [-0.25, -0.2) is 4.98 Å². The van der Waals surface area contributed by atoms with Crippen molar-refractivity contribution in [3.63, 3.8) is 0 Å². The maximum atomic E-state index is 12.0. The Labute approximate surface area is 118 Å². The molecule has 2 rings (SSSR count). The Hall–Kier alpha value is -2.37. The Balaban J connectivity index is 1.90. The van der Waals surface area contributed by atoms with E-state index < -0.39 is 0 Å². The highest BCUT2D eigenvalue weighted by Gasteiger charge is 2.07. The number of aromatic amines is 1. The zero-order chi connectivity index (χ0) is 14.4. The van der Waals surface area contributed by atoms with E-state index >= 15 is 0 Å². The lowest BCUT2D eigenvalue weighted by Crippen LogP contribution is -2.26. The third kappa shape index (κ3) is 3.57. The number of carbonyl (C=O) groups excluding carboxylic acids is 1. The van der Waals surface area contributed by atoms with Crippen molar-refractivity contribution in [1.29, 1.82) is 0 Å². The van der Waals surface area contributed by atoms with Crippen LogP contribution in [0.3, 0.4) is 0 Å². The number of rotatable bonds is 6. The van der Waals surface area contributed by atoms with Gasteiger partial charge in [0.1, 0.15) is 12.2 Å². The zero-order valence-corrected chi connectivity index (χ0v) is 11.7. The SMILES string of the molecule is CCNc1ccc(C(=O)NCCc2ncn[nH]2)cc1C. The normalized spacial score (nSPS) is 10.3. The summed E-state index contributed by atoms with van der Waals surface area (Å²) in [6.07, 6.45) is 2.10. The lowest BCUT2D eigenvalue weighted by Gasteiger charge is -2.09. The van der Waals surface area contributed by atoms with Crippen LogP contribution in [-0.2, 0) is 6.42 Å². The monoisotopic (exact) mass is 273 g/mol. The Kier molecular flexibility index (Phi) is 4.70. The van der Waals surface area contributed by atoms with Crippen molar-refractivity contribution in [1.82, 2.24) is 20.5 Å². The van der Waals surface area contributed by atoms with Gasteiger partial charge in [0, 0.05) is 30.8 Å². The van der Waals surface area contributed by atoms with E-state index in [0.717, 1.165) is 23.6 Å². The molecule has 0 fully saturated rings. The van der Waals surface area contributed by atoms with Gasteiger partial charge in [0.15, 0.2) is 0 Å². The molecular weight excluding hydrogens is 254 g/mol. The second-order valence-corrected chi connectivity index (χ2v) is 4.50. The van der Waals surface area contributed by atoms with Crippen molar-refractivity contribution in [2.24, 2.45) is 0 Å². The number of aromatic nitrogens is 3. The molecule has 1 aromatic carbocycles. The number of carbonyl (C=O) groups is 1. The lowest BCUT2D eigenvalue weighted by molar-refractivity contribution is 0.0954. The summed E-state index contributed by atoms with van der Waals surface area (Å²) in [5.74, 6) is 0.694. The van der Waals surface area contributed by atoms with Gasteiger partial charge < -0.3 is 10.6 Å². The van der Waals surface area contributed by atoms with Crippen LogP contribution in [0.1, 0.15) is 28.7 Å². The van der Waals surface area contributed by atoms with Crippen molar-refractivity contribution in [2.75, 3.05) is 18.4 Å². The van der Waals surface area contributed by atoms with E-state index in [4.69, 9.17) is 0 Å². The molecule has 6 nitrogen and oxygen atoms in total. The number of benzene rings is 1. The van der Waals surface area contributed by atoms with Gasteiger partial charge in [-0.2, -0.15) is 5.10 Å². The third-order valence-corrected chi connectivity index (χ3v) is 2.97. The summed E-state index contributed by atoms with van der Waals surface area (Å²) in [4.78, 5) is 16.0. The van der Waals surface area contributed by atoms with E-state index in [1.165, 1.54) is 6.33 Å². The van der Waals surface area contributed by atoms with Crippen LogP contribution >= 0.6 is 0 Å². The average Bonchev–Trinajstić information content (AvgIpc) is 2.94. The van der Waals surface area contributed by atoms with Crippen molar-refractivity contribution in [2.45, 2.75) is 20.3 Å². The molecule has 0 aliphatic carbocycles. The highest BCUT2D eigenvalue weighted by molar-refractivity contribution is 5.94. The molecule has 0 bridgehead atoms. The van der Waals surface area contributed by atoms with Gasteiger partial charge in [-0.3, -0.25) is 9.89 Å². The first-order chi connectivity index (χ1) is 9.70. The van der Waals surface area contributed by atoms with Gasteiger partial charge in [-0.05, 0) is 37.6 Å². The van der Waals surface area contributed by atoms with Crippen LogP contribution in [0, 0.1) is 6.92 Å². The highest BCUT2D eigenvalue weighted by Crippen LogP contribution is 2.16. The molecule has 0 saturated carbocycles. The molecule has 1 aromatic heterocycles. The van der Waals surface area contributed by atoms with Crippen LogP contribution in [0.4, 0.5) is 5.69 Å². The number of hydrogen-bond acceptors (Lipinski definition) is 4. The summed E-state index contributed by atoms with van der Waals surface area (Å²) in [7, 11) is 0. The number of nitrogens with zero attached hydrogens (tertiary/aromatic N) is 2. The number of aryl methyl sites for hydroxylation is 1. The molecule has 1 heterocycles. The fourth-order valence-electron chi connectivity index (χ4n) is 1.94. The number of anilines is 1. The zero-order valence-electron chi connectivity index (χ0n) is 11.7. The maximum absolute atomic E-state index is 12.0. The van der Waals surface area contributed by atoms with Gasteiger partial charge in [0.05, 0.1) is 0 Å². The Morgan fingerprint density at radius 3 is 2.90 bits per heavy atom. The van der Waals surface area contributed by atoms with Crippen LogP contribution in [-0.4, -0.2) is 34.2 Å². The Morgan fingerprint density at radius 2 is 2.25 bits per heavy atom. The average molecular weight is 273 g/mol. The molecule has 0 spiro atoms. The van der Waals surface area contributed by atoms with E-state index in [-0.39, 0.29) is 5.91 Å². The second-order valence-electron chi connectivity index (χ2n) is 4.50. The number of H-pyrrole nitrogens is 1. The minimum atomic E-state index is -0.0735. The molecular formula is C14H19N5O. The van der Waals surface area contributed by atoms with Gasteiger partial charge in [-0.15, -0.1) is 0 Å². The summed E-state index contributed by atoms with van der Waals surface area (Å²) in [5.41, 5.74) is 2.79. The van der Waals surface area contributed by atoms with Gasteiger partial charge >= 0.3 is 0 Å². The largest absolute Gasteiger partial charge is 0.385 e. The van der Waals surface area contributed by atoms with Crippen molar-refractivity contribution in [3.8, 4) is 0 Å². The fraction of sp³-hybridized carbons (Fsp3) is 0.357. The third-order valence-electron chi connectivity index (χ3n) is 2.97. The van der Waals surface area contributed by atoms with E-state index in [1.807, 2.05) is 32.0 Å². The van der Waals surface area contributed by atoms with Crippen molar-refractivity contribution < 1.29 is 4.79 Å². The summed E-state index contributed by atoms with van der Waals surface area (Å²) in [6.45, 7) is 5.43. The molecule has 20 heavy (non-hydrogen) atoms. The fourth-order valence-corrected chi connectivity index (χ4v) is 1.94. The summed E-state index contributed by atoms with van der Waals surface area (Å²) >= 11 is 0. The smallest absolute Gasteiger partial charge is 0.251 e. The minimum absolute atomic E-state index is 0.0735. The first kappa shape index (κ1) is 14.0. The van der Waals surface area contributed by atoms with Crippen LogP contribution in [0.25, 0.3) is 0 Å². The molecule has 6 heteroatoms. The first-order valence-electron chi connectivity index (χ1n) is 6.67. The second kappa shape index (κ2) is 6.70.